The van der Waals surface area contributed by atoms with Gasteiger partial charge < -0.3 is 0 Å². The van der Waals surface area contributed by atoms with Gasteiger partial charge in [0.2, 0.25) is 0 Å². The number of aromatic amines is 1. The molecule has 0 amide bonds. The van der Waals surface area contributed by atoms with E-state index in [2.05, 4.69) is 103 Å². The summed E-state index contributed by atoms with van der Waals surface area (Å²) in [4.78, 5) is 0. The molecule has 2 aromatic carbocycles. The summed E-state index contributed by atoms with van der Waals surface area (Å²) in [5.41, 5.74) is 9.41. The quantitative estimate of drug-likeness (QED) is 0.664. The molecule has 0 spiro atoms. The highest BCUT2D eigenvalue weighted by molar-refractivity contribution is 6.05. The number of tetrazole rings is 1. The SMILES string of the molecule is CC1=C(CCc2nn[nH]n2)c2ccccc2/C1=C\c1ccc(C(C)(C)C)cc1. The van der Waals surface area contributed by atoms with Crippen LogP contribution in [0.4, 0.5) is 0 Å². The zero-order valence-corrected chi connectivity index (χ0v) is 17.0. The molecule has 0 atom stereocenters. The van der Waals surface area contributed by atoms with Crippen LogP contribution in [-0.4, -0.2) is 20.6 Å². The number of allylic oxidation sites excluding steroid dienone is 3. The maximum Gasteiger partial charge on any atom is 0.174 e. The Bertz CT molecular complexity index is 1030. The molecule has 3 aromatic rings. The number of fused-ring (bicyclic) bond motifs is 1. The van der Waals surface area contributed by atoms with Crippen LogP contribution in [0, 0.1) is 0 Å². The monoisotopic (exact) mass is 370 g/mol. The summed E-state index contributed by atoms with van der Waals surface area (Å²) < 4.78 is 0. The van der Waals surface area contributed by atoms with Crippen molar-refractivity contribution in [3.8, 4) is 0 Å². The minimum atomic E-state index is 0.170. The van der Waals surface area contributed by atoms with Crippen LogP contribution in [0.3, 0.4) is 0 Å². The second kappa shape index (κ2) is 7.19. The lowest BCUT2D eigenvalue weighted by Gasteiger charge is -2.18. The molecular formula is C24H26N4. The first-order valence-corrected chi connectivity index (χ1v) is 9.78. The fourth-order valence-corrected chi connectivity index (χ4v) is 3.83. The van der Waals surface area contributed by atoms with E-state index in [-0.39, 0.29) is 5.41 Å². The maximum absolute atomic E-state index is 4.09. The Hall–Kier alpha value is -3.01. The van der Waals surface area contributed by atoms with Crippen LogP contribution in [0.1, 0.15) is 62.2 Å². The van der Waals surface area contributed by atoms with Crippen molar-refractivity contribution in [2.75, 3.05) is 0 Å². The topological polar surface area (TPSA) is 54.5 Å². The fraction of sp³-hybridized carbons (Fsp3) is 0.292. The lowest BCUT2D eigenvalue weighted by Crippen LogP contribution is -2.10. The van der Waals surface area contributed by atoms with Gasteiger partial charge >= 0.3 is 0 Å². The van der Waals surface area contributed by atoms with Gasteiger partial charge in [-0.05, 0) is 63.8 Å². The van der Waals surface area contributed by atoms with Gasteiger partial charge in [-0.3, -0.25) is 0 Å². The summed E-state index contributed by atoms with van der Waals surface area (Å²) in [6, 6.07) is 17.6. The first kappa shape index (κ1) is 18.4. The minimum absolute atomic E-state index is 0.170. The van der Waals surface area contributed by atoms with Crippen molar-refractivity contribution < 1.29 is 0 Å². The molecular weight excluding hydrogens is 344 g/mol. The Morgan fingerprint density at radius 1 is 0.929 bits per heavy atom. The molecule has 28 heavy (non-hydrogen) atoms. The highest BCUT2D eigenvalue weighted by Gasteiger charge is 2.23. The zero-order chi connectivity index (χ0) is 19.7. The summed E-state index contributed by atoms with van der Waals surface area (Å²) in [6.45, 7) is 8.96. The molecule has 142 valence electrons. The molecule has 1 heterocycles. The summed E-state index contributed by atoms with van der Waals surface area (Å²) in [7, 11) is 0. The lowest BCUT2D eigenvalue weighted by atomic mass is 9.86. The van der Waals surface area contributed by atoms with Gasteiger partial charge in [-0.2, -0.15) is 5.21 Å². The van der Waals surface area contributed by atoms with E-state index in [0.29, 0.717) is 0 Å². The van der Waals surface area contributed by atoms with Gasteiger partial charge in [0.1, 0.15) is 0 Å². The molecule has 1 N–H and O–H groups in total. The van der Waals surface area contributed by atoms with Crippen molar-refractivity contribution in [3.05, 3.63) is 82.2 Å². The largest absolute Gasteiger partial charge is 0.177 e. The number of nitrogens with zero attached hydrogens (tertiary/aromatic N) is 3. The normalized spacial score (nSPS) is 15.4. The first-order chi connectivity index (χ1) is 13.4. The van der Waals surface area contributed by atoms with Crippen LogP contribution in [0.15, 0.2) is 54.1 Å². The molecule has 1 aliphatic carbocycles. The van der Waals surface area contributed by atoms with E-state index in [1.165, 1.54) is 39.0 Å². The Kier molecular flexibility index (Phi) is 4.71. The third kappa shape index (κ3) is 3.55. The summed E-state index contributed by atoms with van der Waals surface area (Å²) >= 11 is 0. The van der Waals surface area contributed by atoms with Crippen LogP contribution in [0.5, 0.6) is 0 Å². The first-order valence-electron chi connectivity index (χ1n) is 9.78. The van der Waals surface area contributed by atoms with E-state index >= 15 is 0 Å². The Balaban J connectivity index is 1.68. The molecule has 0 saturated carbocycles. The fourth-order valence-electron chi connectivity index (χ4n) is 3.83. The number of hydrogen-bond acceptors (Lipinski definition) is 3. The molecule has 1 aromatic heterocycles. The Morgan fingerprint density at radius 3 is 2.29 bits per heavy atom. The lowest BCUT2D eigenvalue weighted by molar-refractivity contribution is 0.590. The number of rotatable bonds is 4. The number of aryl methyl sites for hydroxylation is 1. The van der Waals surface area contributed by atoms with Gasteiger partial charge in [-0.25, -0.2) is 0 Å². The van der Waals surface area contributed by atoms with Gasteiger partial charge in [0.25, 0.3) is 0 Å². The third-order valence-electron chi connectivity index (χ3n) is 5.47. The second-order valence-corrected chi connectivity index (χ2v) is 8.41. The highest BCUT2D eigenvalue weighted by atomic mass is 15.5. The summed E-state index contributed by atoms with van der Waals surface area (Å²) in [5, 5.41) is 14.4. The van der Waals surface area contributed by atoms with Crippen molar-refractivity contribution >= 4 is 17.2 Å². The molecule has 4 heteroatoms. The molecule has 4 nitrogen and oxygen atoms in total. The highest BCUT2D eigenvalue weighted by Crippen LogP contribution is 2.43. The molecule has 0 fully saturated rings. The second-order valence-electron chi connectivity index (χ2n) is 8.41. The van der Waals surface area contributed by atoms with E-state index in [1.54, 1.807) is 0 Å². The van der Waals surface area contributed by atoms with Crippen molar-refractivity contribution in [1.29, 1.82) is 0 Å². The average molecular weight is 371 g/mol. The van der Waals surface area contributed by atoms with Gasteiger partial charge in [-0.1, -0.05) is 74.5 Å². The predicted octanol–water partition coefficient (Wildman–Crippen LogP) is 5.46. The number of nitrogens with one attached hydrogen (secondary N) is 1. The average Bonchev–Trinajstić information content (AvgIpc) is 3.28. The number of aromatic nitrogens is 4. The van der Waals surface area contributed by atoms with Crippen LogP contribution in [-0.2, 0) is 11.8 Å². The number of benzene rings is 2. The Morgan fingerprint density at radius 2 is 1.64 bits per heavy atom. The summed E-state index contributed by atoms with van der Waals surface area (Å²) in [5.74, 6) is 0.757. The van der Waals surface area contributed by atoms with Crippen molar-refractivity contribution in [3.63, 3.8) is 0 Å². The van der Waals surface area contributed by atoms with Gasteiger partial charge in [0, 0.05) is 6.42 Å². The summed E-state index contributed by atoms with van der Waals surface area (Å²) in [6.07, 6.45) is 4.00. The maximum atomic E-state index is 4.09. The van der Waals surface area contributed by atoms with Crippen LogP contribution < -0.4 is 0 Å². The van der Waals surface area contributed by atoms with E-state index < -0.39 is 0 Å². The number of hydrogen-bond donors (Lipinski definition) is 1. The molecule has 0 unspecified atom stereocenters. The molecule has 0 bridgehead atoms. The van der Waals surface area contributed by atoms with E-state index in [9.17, 15) is 0 Å². The molecule has 0 radical (unpaired) electrons. The van der Waals surface area contributed by atoms with Gasteiger partial charge in [0.15, 0.2) is 5.82 Å². The van der Waals surface area contributed by atoms with Crippen molar-refractivity contribution in [2.45, 2.75) is 46.0 Å². The molecule has 1 aliphatic rings. The van der Waals surface area contributed by atoms with Crippen molar-refractivity contribution in [1.82, 2.24) is 20.6 Å². The number of H-pyrrole nitrogens is 1. The Labute approximate surface area is 166 Å². The van der Waals surface area contributed by atoms with Gasteiger partial charge in [-0.15, -0.1) is 10.2 Å². The molecule has 0 saturated heterocycles. The van der Waals surface area contributed by atoms with Crippen LogP contribution >= 0.6 is 0 Å². The van der Waals surface area contributed by atoms with E-state index in [1.807, 2.05) is 0 Å². The van der Waals surface area contributed by atoms with E-state index in [0.717, 1.165) is 18.7 Å². The predicted molar refractivity (Wildman–Crippen MR) is 115 cm³/mol. The minimum Gasteiger partial charge on any atom is -0.177 e. The third-order valence-corrected chi connectivity index (χ3v) is 5.47. The standard InChI is InChI=1S/C24H26N4/c1-16-19(13-14-23-25-27-28-26-23)20-7-5-6-8-21(20)22(16)15-17-9-11-18(12-10-17)24(2,3)4/h5-12,15H,13-14H2,1-4H3,(H,25,26,27,28)/b22-15-. The van der Waals surface area contributed by atoms with Gasteiger partial charge in [0.05, 0.1) is 0 Å². The van der Waals surface area contributed by atoms with Crippen LogP contribution in [0.25, 0.3) is 17.2 Å². The molecule has 4 rings (SSSR count). The van der Waals surface area contributed by atoms with E-state index in [4.69, 9.17) is 0 Å². The molecule has 0 aliphatic heterocycles. The van der Waals surface area contributed by atoms with Crippen molar-refractivity contribution in [2.24, 2.45) is 0 Å². The zero-order valence-electron chi connectivity index (χ0n) is 17.0. The smallest absolute Gasteiger partial charge is 0.174 e. The van der Waals surface area contributed by atoms with Crippen LogP contribution in [0.2, 0.25) is 0 Å².